The molecule has 4 rings (SSSR count). The molecule has 0 spiro atoms. The number of rotatable bonds is 6. The number of carbonyl (C=O) groups is 2. The third kappa shape index (κ3) is 4.80. The Morgan fingerprint density at radius 2 is 1.85 bits per heavy atom. The monoisotopic (exact) mass is 463 g/mol. The van der Waals surface area contributed by atoms with Crippen LogP contribution in [0.4, 0.5) is 5.82 Å². The van der Waals surface area contributed by atoms with Crippen LogP contribution < -0.4 is 15.4 Å². The maximum Gasteiger partial charge on any atom is 0.251 e. The molecule has 0 unspecified atom stereocenters. The van der Waals surface area contributed by atoms with E-state index in [1.54, 1.807) is 42.1 Å². The van der Waals surface area contributed by atoms with Gasteiger partial charge in [0.15, 0.2) is 5.82 Å². The van der Waals surface area contributed by atoms with Gasteiger partial charge >= 0.3 is 0 Å². The molecule has 0 bridgehead atoms. The summed E-state index contributed by atoms with van der Waals surface area (Å²) < 4.78 is 7.02. The van der Waals surface area contributed by atoms with Crippen molar-refractivity contribution in [3.8, 4) is 11.6 Å². The molecule has 0 aliphatic carbocycles. The Labute approximate surface area is 195 Å². The lowest BCUT2D eigenvalue weighted by molar-refractivity contribution is -0.115. The molecular weight excluding hydrogens is 442 g/mol. The highest BCUT2D eigenvalue weighted by molar-refractivity contribution is 6.30. The third-order valence-corrected chi connectivity index (χ3v) is 5.30. The van der Waals surface area contributed by atoms with Crippen LogP contribution in [0, 0.1) is 13.8 Å². The average molecular weight is 464 g/mol. The molecular formula is C24H22ClN5O3. The van der Waals surface area contributed by atoms with Crippen molar-refractivity contribution in [1.82, 2.24) is 20.1 Å². The minimum Gasteiger partial charge on any atom is -0.494 e. The van der Waals surface area contributed by atoms with Gasteiger partial charge in [-0.15, -0.1) is 0 Å². The quantitative estimate of drug-likeness (QED) is 0.449. The number of hydrogen-bond acceptors (Lipinski definition) is 5. The maximum absolute atomic E-state index is 12.5. The number of benzene rings is 2. The van der Waals surface area contributed by atoms with Crippen LogP contribution in [0.15, 0.2) is 54.6 Å². The van der Waals surface area contributed by atoms with E-state index in [0.29, 0.717) is 39.2 Å². The molecule has 168 valence electrons. The molecule has 0 saturated carbocycles. The summed E-state index contributed by atoms with van der Waals surface area (Å²) >= 11 is 5.84. The highest BCUT2D eigenvalue weighted by Gasteiger charge is 2.16. The zero-order valence-electron chi connectivity index (χ0n) is 18.3. The number of pyridine rings is 1. The van der Waals surface area contributed by atoms with Crippen LogP contribution in [0.1, 0.15) is 21.6 Å². The summed E-state index contributed by atoms with van der Waals surface area (Å²) in [6.07, 6.45) is 0. The number of amides is 2. The first kappa shape index (κ1) is 22.3. The molecule has 0 fully saturated rings. The first-order valence-corrected chi connectivity index (χ1v) is 10.6. The van der Waals surface area contributed by atoms with E-state index in [-0.39, 0.29) is 12.5 Å². The molecule has 0 atom stereocenters. The first-order valence-electron chi connectivity index (χ1n) is 10.2. The highest BCUT2D eigenvalue weighted by atomic mass is 35.5. The number of aryl methyl sites for hydroxylation is 2. The van der Waals surface area contributed by atoms with Gasteiger partial charge in [-0.3, -0.25) is 9.59 Å². The molecule has 2 aromatic heterocycles. The van der Waals surface area contributed by atoms with Crippen molar-refractivity contribution < 1.29 is 14.3 Å². The van der Waals surface area contributed by atoms with Gasteiger partial charge in [0.05, 0.1) is 19.3 Å². The molecule has 0 saturated heterocycles. The number of ether oxygens (including phenoxy) is 1. The van der Waals surface area contributed by atoms with Crippen molar-refractivity contribution in [2.75, 3.05) is 19.0 Å². The number of nitrogens with one attached hydrogen (secondary N) is 2. The van der Waals surface area contributed by atoms with Crippen LogP contribution in [-0.2, 0) is 4.79 Å². The molecule has 8 nitrogen and oxygen atoms in total. The van der Waals surface area contributed by atoms with E-state index in [9.17, 15) is 9.59 Å². The molecule has 0 radical (unpaired) electrons. The summed E-state index contributed by atoms with van der Waals surface area (Å²) in [5.74, 6) is 0.869. The number of anilines is 1. The number of carbonyl (C=O) groups excluding carboxylic acids is 2. The number of nitrogens with zero attached hydrogens (tertiary/aromatic N) is 3. The zero-order chi connectivity index (χ0) is 23.5. The van der Waals surface area contributed by atoms with E-state index in [0.717, 1.165) is 10.9 Å². The van der Waals surface area contributed by atoms with Gasteiger partial charge < -0.3 is 15.4 Å². The van der Waals surface area contributed by atoms with Crippen molar-refractivity contribution in [3.05, 3.63) is 76.4 Å². The average Bonchev–Trinajstić information content (AvgIpc) is 3.17. The molecule has 0 aliphatic heterocycles. The number of halogens is 1. The van der Waals surface area contributed by atoms with Gasteiger partial charge in [0.1, 0.15) is 17.1 Å². The molecule has 2 N–H and O–H groups in total. The summed E-state index contributed by atoms with van der Waals surface area (Å²) in [6, 6.07) is 15.8. The lowest BCUT2D eigenvalue weighted by Gasteiger charge is -2.12. The van der Waals surface area contributed by atoms with Gasteiger partial charge in [-0.05, 0) is 55.8 Å². The number of fused-ring (bicyclic) bond motifs is 1. The highest BCUT2D eigenvalue weighted by Crippen LogP contribution is 2.28. The fourth-order valence-corrected chi connectivity index (χ4v) is 3.59. The molecule has 9 heteroatoms. The largest absolute Gasteiger partial charge is 0.494 e. The molecule has 0 aliphatic rings. The number of para-hydroxylation sites is 1. The Balaban J connectivity index is 1.55. The summed E-state index contributed by atoms with van der Waals surface area (Å²) in [7, 11) is 1.60. The van der Waals surface area contributed by atoms with Crippen LogP contribution >= 0.6 is 11.6 Å². The van der Waals surface area contributed by atoms with Gasteiger partial charge in [-0.25, -0.2) is 4.98 Å². The van der Waals surface area contributed by atoms with E-state index >= 15 is 0 Å². The SMILES string of the molecule is COc1cccc2c(C)cc(-n3nc(C)cc3NC(=O)CNC(=O)c3ccc(Cl)cc3)nc12. The van der Waals surface area contributed by atoms with Crippen molar-refractivity contribution >= 4 is 40.1 Å². The van der Waals surface area contributed by atoms with Crippen molar-refractivity contribution in [2.45, 2.75) is 13.8 Å². The molecule has 33 heavy (non-hydrogen) atoms. The molecule has 2 amide bonds. The van der Waals surface area contributed by atoms with E-state index in [1.165, 1.54) is 0 Å². The number of hydrogen-bond donors (Lipinski definition) is 2. The van der Waals surface area contributed by atoms with Crippen molar-refractivity contribution in [2.24, 2.45) is 0 Å². The van der Waals surface area contributed by atoms with Crippen molar-refractivity contribution in [3.63, 3.8) is 0 Å². The van der Waals surface area contributed by atoms with Gasteiger partial charge in [-0.2, -0.15) is 9.78 Å². The van der Waals surface area contributed by atoms with Crippen LogP contribution in [0.25, 0.3) is 16.7 Å². The summed E-state index contributed by atoms with van der Waals surface area (Å²) in [4.78, 5) is 29.5. The van der Waals surface area contributed by atoms with E-state index < -0.39 is 5.91 Å². The standard InChI is InChI=1S/C24H22ClN5O3/c1-14-11-20(28-23-18(14)5-4-6-19(23)33-3)30-21(12-15(2)29-30)27-22(31)13-26-24(32)16-7-9-17(25)10-8-16/h4-12H,13H2,1-3H3,(H,26,32)(H,27,31). The Hall–Kier alpha value is -3.91. The van der Waals surface area contributed by atoms with E-state index in [1.807, 2.05) is 38.1 Å². The first-order chi connectivity index (χ1) is 15.9. The Kier molecular flexibility index (Phi) is 6.28. The van der Waals surface area contributed by atoms with Gasteiger partial charge in [0.2, 0.25) is 5.91 Å². The zero-order valence-corrected chi connectivity index (χ0v) is 19.1. The minimum absolute atomic E-state index is 0.205. The predicted octanol–water partition coefficient (Wildman–Crippen LogP) is 4.07. The van der Waals surface area contributed by atoms with Crippen LogP contribution in [0.2, 0.25) is 5.02 Å². The number of methoxy groups -OCH3 is 1. The Morgan fingerprint density at radius 1 is 1.09 bits per heavy atom. The van der Waals surface area contributed by atoms with Crippen LogP contribution in [0.5, 0.6) is 5.75 Å². The van der Waals surface area contributed by atoms with E-state index in [4.69, 9.17) is 21.3 Å². The van der Waals surface area contributed by atoms with Gasteiger partial charge in [0.25, 0.3) is 5.91 Å². The number of aromatic nitrogens is 3. The lowest BCUT2D eigenvalue weighted by Crippen LogP contribution is -2.33. The third-order valence-electron chi connectivity index (χ3n) is 5.05. The second-order valence-electron chi connectivity index (χ2n) is 7.47. The fraction of sp³-hybridized carbons (Fsp3) is 0.167. The molecule has 4 aromatic rings. The Morgan fingerprint density at radius 3 is 2.58 bits per heavy atom. The Bertz CT molecular complexity index is 1350. The lowest BCUT2D eigenvalue weighted by atomic mass is 10.1. The van der Waals surface area contributed by atoms with Crippen LogP contribution in [0.3, 0.4) is 0 Å². The topological polar surface area (TPSA) is 98.1 Å². The van der Waals surface area contributed by atoms with Gasteiger partial charge in [-0.1, -0.05) is 23.7 Å². The second kappa shape index (κ2) is 9.30. The van der Waals surface area contributed by atoms with Gasteiger partial charge in [0, 0.05) is 22.0 Å². The fourth-order valence-electron chi connectivity index (χ4n) is 3.46. The summed E-state index contributed by atoms with van der Waals surface area (Å²) in [5.41, 5.74) is 2.82. The molecule has 2 heterocycles. The smallest absolute Gasteiger partial charge is 0.251 e. The summed E-state index contributed by atoms with van der Waals surface area (Å²) in [6.45, 7) is 3.60. The molecule has 2 aromatic carbocycles. The summed E-state index contributed by atoms with van der Waals surface area (Å²) in [5, 5.41) is 11.4. The predicted molar refractivity (Wildman–Crippen MR) is 127 cm³/mol. The van der Waals surface area contributed by atoms with Crippen LogP contribution in [-0.4, -0.2) is 40.2 Å². The second-order valence-corrected chi connectivity index (χ2v) is 7.91. The van der Waals surface area contributed by atoms with E-state index in [2.05, 4.69) is 15.7 Å². The van der Waals surface area contributed by atoms with Crippen molar-refractivity contribution in [1.29, 1.82) is 0 Å². The minimum atomic E-state index is -0.395. The normalized spacial score (nSPS) is 10.8. The maximum atomic E-state index is 12.5.